The Morgan fingerprint density at radius 3 is 2.26 bits per heavy atom. The van der Waals surface area contributed by atoms with Crippen LogP contribution in [0.25, 0.3) is 10.9 Å². The molecule has 0 unspecified atom stereocenters. The van der Waals surface area contributed by atoms with Crippen LogP contribution in [0.3, 0.4) is 0 Å². The van der Waals surface area contributed by atoms with Gasteiger partial charge in [0.05, 0.1) is 27.4 Å². The Bertz CT molecular complexity index is 1500. The summed E-state index contributed by atoms with van der Waals surface area (Å²) in [5.41, 5.74) is 4.68. The van der Waals surface area contributed by atoms with Crippen molar-refractivity contribution in [3.63, 3.8) is 0 Å². The second-order valence-electron chi connectivity index (χ2n) is 9.62. The molecular formula is C30H29N3O5. The van der Waals surface area contributed by atoms with Crippen LogP contribution in [0.1, 0.15) is 28.4 Å². The summed E-state index contributed by atoms with van der Waals surface area (Å²) in [5.74, 6) is 1.29. The van der Waals surface area contributed by atoms with E-state index in [-0.39, 0.29) is 18.4 Å². The Labute approximate surface area is 220 Å². The minimum Gasteiger partial charge on any atom is -0.493 e. The van der Waals surface area contributed by atoms with Gasteiger partial charge in [0, 0.05) is 29.6 Å². The number of benzene rings is 3. The molecule has 0 spiro atoms. The molecule has 0 radical (unpaired) electrons. The molecule has 1 aromatic heterocycles. The van der Waals surface area contributed by atoms with E-state index in [0.717, 1.165) is 33.3 Å². The Hall–Kier alpha value is -4.46. The lowest BCUT2D eigenvalue weighted by Crippen LogP contribution is -2.62. The van der Waals surface area contributed by atoms with Crippen molar-refractivity contribution in [2.24, 2.45) is 0 Å². The second kappa shape index (κ2) is 9.45. The molecule has 0 aliphatic carbocycles. The summed E-state index contributed by atoms with van der Waals surface area (Å²) >= 11 is 0. The van der Waals surface area contributed by atoms with E-state index in [1.165, 1.54) is 0 Å². The zero-order valence-electron chi connectivity index (χ0n) is 21.6. The highest BCUT2D eigenvalue weighted by Crippen LogP contribution is 2.47. The van der Waals surface area contributed by atoms with Crippen LogP contribution in [-0.2, 0) is 22.6 Å². The third-order valence-electron chi connectivity index (χ3n) is 7.56. The van der Waals surface area contributed by atoms with Gasteiger partial charge in [-0.25, -0.2) is 0 Å². The largest absolute Gasteiger partial charge is 0.493 e. The minimum atomic E-state index is -0.629. The van der Waals surface area contributed by atoms with E-state index in [2.05, 4.69) is 11.1 Å². The van der Waals surface area contributed by atoms with Gasteiger partial charge in [-0.05, 0) is 34.9 Å². The number of rotatable bonds is 6. The average molecular weight is 512 g/mol. The van der Waals surface area contributed by atoms with Gasteiger partial charge in [0.2, 0.25) is 17.6 Å². The van der Waals surface area contributed by atoms with Gasteiger partial charge < -0.3 is 29.0 Å². The summed E-state index contributed by atoms with van der Waals surface area (Å²) < 4.78 is 16.8. The maximum atomic E-state index is 14.0. The molecule has 8 heteroatoms. The fraction of sp³-hybridized carbons (Fsp3) is 0.267. The van der Waals surface area contributed by atoms with Gasteiger partial charge in [0.1, 0.15) is 12.6 Å². The first kappa shape index (κ1) is 23.9. The van der Waals surface area contributed by atoms with Gasteiger partial charge in [0.25, 0.3) is 0 Å². The van der Waals surface area contributed by atoms with Crippen LogP contribution in [0.4, 0.5) is 0 Å². The zero-order chi connectivity index (χ0) is 26.4. The Morgan fingerprint density at radius 1 is 0.895 bits per heavy atom. The quantitative estimate of drug-likeness (QED) is 0.422. The number of fused-ring (bicyclic) bond motifs is 4. The predicted octanol–water partition coefficient (Wildman–Crippen LogP) is 4.08. The number of H-pyrrole nitrogens is 1. The van der Waals surface area contributed by atoms with Gasteiger partial charge in [-0.15, -0.1) is 0 Å². The number of piperazine rings is 1. The number of aromatic amines is 1. The Morgan fingerprint density at radius 2 is 1.58 bits per heavy atom. The van der Waals surface area contributed by atoms with Crippen LogP contribution in [0, 0.1) is 0 Å². The zero-order valence-corrected chi connectivity index (χ0v) is 21.6. The SMILES string of the molecule is COc1cc([C@@H]2c3[nH]c4ccccc4c3C[C@@H]3C(=O)N(Cc4ccccc4)CC(=O)N23)cc(OC)c1OC. The Kier molecular flexibility index (Phi) is 5.94. The van der Waals surface area contributed by atoms with Crippen LogP contribution in [0.2, 0.25) is 0 Å². The maximum Gasteiger partial charge on any atom is 0.246 e. The van der Waals surface area contributed by atoms with Gasteiger partial charge in [-0.1, -0.05) is 48.5 Å². The molecular weight excluding hydrogens is 482 g/mol. The summed E-state index contributed by atoms with van der Waals surface area (Å²) in [5, 5.41) is 1.06. The molecule has 1 fully saturated rings. The summed E-state index contributed by atoms with van der Waals surface area (Å²) in [6.07, 6.45) is 0.441. The third kappa shape index (κ3) is 3.75. The third-order valence-corrected chi connectivity index (χ3v) is 7.56. The molecule has 0 saturated carbocycles. The summed E-state index contributed by atoms with van der Waals surface area (Å²) in [7, 11) is 4.69. The summed E-state index contributed by atoms with van der Waals surface area (Å²) in [6, 6.07) is 20.4. The highest BCUT2D eigenvalue weighted by molar-refractivity contribution is 5.97. The number of methoxy groups -OCH3 is 3. The molecule has 8 nitrogen and oxygen atoms in total. The standard InChI is InChI=1S/C30H29N3O5/c1-36-24-13-19(14-25(37-2)29(24)38-3)28-27-21(20-11-7-8-12-22(20)31-27)15-23-30(35)32(17-26(34)33(23)28)16-18-9-5-4-6-10-18/h4-14,23,28,31H,15-17H2,1-3H3/t23-,28-/m1/s1. The van der Waals surface area contributed by atoms with Crippen molar-refractivity contribution in [3.05, 3.63) is 89.1 Å². The number of para-hydroxylation sites is 1. The smallest absolute Gasteiger partial charge is 0.246 e. The molecule has 0 bridgehead atoms. The van der Waals surface area contributed by atoms with Gasteiger partial charge in [-0.2, -0.15) is 0 Å². The normalized spacial score (nSPS) is 18.8. The average Bonchev–Trinajstić information content (AvgIpc) is 3.32. The lowest BCUT2D eigenvalue weighted by atomic mass is 9.86. The van der Waals surface area contributed by atoms with Crippen molar-refractivity contribution in [2.75, 3.05) is 27.9 Å². The molecule has 1 N–H and O–H groups in total. The van der Waals surface area contributed by atoms with Crippen LogP contribution >= 0.6 is 0 Å². The lowest BCUT2D eigenvalue weighted by molar-refractivity contribution is -0.159. The molecule has 194 valence electrons. The van der Waals surface area contributed by atoms with E-state index in [1.54, 1.807) is 31.1 Å². The number of hydrogen-bond acceptors (Lipinski definition) is 5. The van der Waals surface area contributed by atoms with Crippen LogP contribution in [-0.4, -0.2) is 60.5 Å². The van der Waals surface area contributed by atoms with Crippen molar-refractivity contribution in [2.45, 2.75) is 25.0 Å². The van der Waals surface area contributed by atoms with E-state index >= 15 is 0 Å². The van der Waals surface area contributed by atoms with E-state index in [4.69, 9.17) is 14.2 Å². The van der Waals surface area contributed by atoms with E-state index in [1.807, 2.05) is 60.7 Å². The second-order valence-corrected chi connectivity index (χ2v) is 9.62. The maximum absolute atomic E-state index is 14.0. The van der Waals surface area contributed by atoms with Gasteiger partial charge in [0.15, 0.2) is 11.5 Å². The van der Waals surface area contributed by atoms with E-state index < -0.39 is 12.1 Å². The first-order valence-corrected chi connectivity index (χ1v) is 12.6. The van der Waals surface area contributed by atoms with Crippen LogP contribution in [0.15, 0.2) is 66.7 Å². The molecule has 1 saturated heterocycles. The first-order valence-electron chi connectivity index (χ1n) is 12.6. The van der Waals surface area contributed by atoms with Crippen molar-refractivity contribution >= 4 is 22.7 Å². The number of ether oxygens (including phenoxy) is 3. The lowest BCUT2D eigenvalue weighted by Gasteiger charge is -2.47. The molecule has 6 rings (SSSR count). The van der Waals surface area contributed by atoms with Crippen molar-refractivity contribution < 1.29 is 23.8 Å². The molecule has 2 atom stereocenters. The van der Waals surface area contributed by atoms with E-state index in [0.29, 0.717) is 30.2 Å². The first-order chi connectivity index (χ1) is 18.5. The molecule has 2 amide bonds. The number of carbonyl (C=O) groups is 2. The molecule has 4 aromatic rings. The van der Waals surface area contributed by atoms with Crippen molar-refractivity contribution in [3.8, 4) is 17.2 Å². The number of amides is 2. The van der Waals surface area contributed by atoms with Crippen LogP contribution < -0.4 is 14.2 Å². The molecule has 38 heavy (non-hydrogen) atoms. The van der Waals surface area contributed by atoms with Crippen LogP contribution in [0.5, 0.6) is 17.2 Å². The number of aromatic nitrogens is 1. The topological polar surface area (TPSA) is 84.1 Å². The highest BCUT2D eigenvalue weighted by atomic mass is 16.5. The highest BCUT2D eigenvalue weighted by Gasteiger charge is 2.48. The monoisotopic (exact) mass is 511 g/mol. The molecule has 3 aromatic carbocycles. The number of nitrogens with one attached hydrogen (secondary N) is 1. The van der Waals surface area contributed by atoms with E-state index in [9.17, 15) is 9.59 Å². The summed E-state index contributed by atoms with van der Waals surface area (Å²) in [6.45, 7) is 0.409. The molecule has 2 aliphatic rings. The number of carbonyl (C=O) groups excluding carboxylic acids is 2. The van der Waals surface area contributed by atoms with Crippen molar-refractivity contribution in [1.82, 2.24) is 14.8 Å². The van der Waals surface area contributed by atoms with Crippen molar-refractivity contribution in [1.29, 1.82) is 0 Å². The fourth-order valence-electron chi connectivity index (χ4n) is 5.87. The fourth-order valence-corrected chi connectivity index (χ4v) is 5.87. The predicted molar refractivity (Wildman–Crippen MR) is 142 cm³/mol. The number of hydrogen-bond donors (Lipinski definition) is 1. The van der Waals surface area contributed by atoms with Gasteiger partial charge in [-0.3, -0.25) is 9.59 Å². The number of nitrogens with zero attached hydrogens (tertiary/aromatic N) is 2. The molecule has 2 aliphatic heterocycles. The summed E-state index contributed by atoms with van der Waals surface area (Å²) in [4.78, 5) is 34.8. The minimum absolute atomic E-state index is 0.0146. The Balaban J connectivity index is 1.50. The molecule has 3 heterocycles. The van der Waals surface area contributed by atoms with Gasteiger partial charge >= 0.3 is 0 Å².